The molecule has 0 bridgehead atoms. The Kier molecular flexibility index (Phi) is 10.2. The van der Waals surface area contributed by atoms with E-state index >= 15 is 0 Å². The van der Waals surface area contributed by atoms with Crippen LogP contribution in [0.5, 0.6) is 11.5 Å². The number of nitrogens with zero attached hydrogens (tertiary/aromatic N) is 2. The predicted molar refractivity (Wildman–Crippen MR) is 180 cm³/mol. The first-order valence-corrected chi connectivity index (χ1v) is 17.5. The summed E-state index contributed by atoms with van der Waals surface area (Å²) in [4.78, 5) is 72.7. The molecule has 1 saturated heterocycles. The maximum Gasteiger partial charge on any atom is 0.408 e. The monoisotopic (exact) mass is 674 g/mol. The third kappa shape index (κ3) is 7.58. The lowest BCUT2D eigenvalue weighted by atomic mass is 10.0. The molecule has 2 N–H and O–H groups in total. The van der Waals surface area contributed by atoms with Gasteiger partial charge in [-0.1, -0.05) is 25.0 Å². The second-order valence-corrected chi connectivity index (χ2v) is 13.8. The van der Waals surface area contributed by atoms with Gasteiger partial charge in [-0.15, -0.1) is 0 Å². The van der Waals surface area contributed by atoms with Crippen LogP contribution in [0, 0.1) is 5.92 Å². The zero-order valence-corrected chi connectivity index (χ0v) is 28.5. The van der Waals surface area contributed by atoms with Crippen molar-refractivity contribution < 1.29 is 38.2 Å². The molecule has 6 rings (SSSR count). The molecule has 2 saturated carbocycles. The van der Waals surface area contributed by atoms with Gasteiger partial charge in [0.2, 0.25) is 11.8 Å². The quantitative estimate of drug-likeness (QED) is 0.311. The number of ketones is 2. The standard InChI is InChI=1S/C37H46N4O8/c1-22(42)30-19-33(28-16-15-26(47-3)17-31(28)38-30)48-27-18-32-34(44)40-37(23(2)43)20-24(37)11-7-5-4-6-8-14-29(35(45)41(32)21-27)39-36(46)49-25-12-9-10-13-25/h7,11,15-17,19,24-25,27,29,32H,4-6,8-10,12-14,18,20-21H2,1-3H3,(H,39,46)(H,40,44)/b11-7-/t24?,27-,29+,32+,37+/m1/s1. The molecular formula is C37H46N4O8. The zero-order chi connectivity index (χ0) is 34.7. The van der Waals surface area contributed by atoms with Crippen molar-refractivity contribution >= 4 is 40.4 Å². The number of ether oxygens (including phenoxy) is 3. The van der Waals surface area contributed by atoms with Crippen LogP contribution >= 0.6 is 0 Å². The highest BCUT2D eigenvalue weighted by molar-refractivity contribution is 5.99. The maximum absolute atomic E-state index is 14.4. The Bertz CT molecular complexity index is 1650. The van der Waals surface area contributed by atoms with Gasteiger partial charge < -0.3 is 29.7 Å². The number of hydrogen-bond acceptors (Lipinski definition) is 9. The normalized spacial score (nSPS) is 28.3. The maximum atomic E-state index is 14.4. The summed E-state index contributed by atoms with van der Waals surface area (Å²) < 4.78 is 17.5. The van der Waals surface area contributed by atoms with Crippen LogP contribution in [-0.4, -0.2) is 82.8 Å². The van der Waals surface area contributed by atoms with Crippen molar-refractivity contribution in [2.75, 3.05) is 13.7 Å². The molecule has 1 aromatic carbocycles. The number of aromatic nitrogens is 1. The molecule has 1 aromatic heterocycles. The van der Waals surface area contributed by atoms with Crippen LogP contribution in [0.4, 0.5) is 4.79 Å². The summed E-state index contributed by atoms with van der Waals surface area (Å²) in [7, 11) is 1.54. The molecule has 49 heavy (non-hydrogen) atoms. The van der Waals surface area contributed by atoms with Crippen LogP contribution in [0.3, 0.4) is 0 Å². The Balaban J connectivity index is 1.30. The molecule has 2 aliphatic carbocycles. The summed E-state index contributed by atoms with van der Waals surface area (Å²) in [5.74, 6) is -0.375. The van der Waals surface area contributed by atoms with E-state index in [-0.39, 0.29) is 42.2 Å². The first-order chi connectivity index (χ1) is 23.6. The van der Waals surface area contributed by atoms with Crippen LogP contribution in [0.25, 0.3) is 10.9 Å². The van der Waals surface area contributed by atoms with E-state index in [0.29, 0.717) is 41.7 Å². The van der Waals surface area contributed by atoms with Gasteiger partial charge in [-0.25, -0.2) is 9.78 Å². The number of hydrogen-bond donors (Lipinski definition) is 2. The van der Waals surface area contributed by atoms with Crippen molar-refractivity contribution in [2.24, 2.45) is 5.92 Å². The van der Waals surface area contributed by atoms with Gasteiger partial charge in [0.25, 0.3) is 0 Å². The smallest absolute Gasteiger partial charge is 0.408 e. The lowest BCUT2D eigenvalue weighted by Gasteiger charge is -2.29. The molecule has 3 heterocycles. The van der Waals surface area contributed by atoms with Crippen molar-refractivity contribution in [2.45, 2.75) is 114 Å². The molecule has 0 spiro atoms. The third-order valence-corrected chi connectivity index (χ3v) is 10.4. The third-order valence-electron chi connectivity index (χ3n) is 10.4. The number of allylic oxidation sites excluding steroid dienone is 1. The number of methoxy groups -OCH3 is 1. The van der Waals surface area contributed by atoms with Gasteiger partial charge >= 0.3 is 6.09 Å². The van der Waals surface area contributed by atoms with Crippen molar-refractivity contribution in [3.8, 4) is 11.5 Å². The first-order valence-electron chi connectivity index (χ1n) is 17.5. The number of fused-ring (bicyclic) bond motifs is 3. The molecule has 262 valence electrons. The lowest BCUT2D eigenvalue weighted by Crippen LogP contribution is -2.56. The number of pyridine rings is 1. The average molecular weight is 675 g/mol. The van der Waals surface area contributed by atoms with Crippen LogP contribution in [-0.2, 0) is 19.1 Å². The summed E-state index contributed by atoms with van der Waals surface area (Å²) in [5, 5.41) is 6.48. The number of amides is 3. The van der Waals surface area contributed by atoms with E-state index < -0.39 is 41.6 Å². The summed E-state index contributed by atoms with van der Waals surface area (Å²) in [6, 6.07) is 4.98. The summed E-state index contributed by atoms with van der Waals surface area (Å²) in [6.45, 7) is 2.96. The van der Waals surface area contributed by atoms with Gasteiger partial charge in [0.05, 0.1) is 19.2 Å². The minimum absolute atomic E-state index is 0.0541. The fourth-order valence-corrected chi connectivity index (χ4v) is 7.43. The van der Waals surface area contributed by atoms with E-state index in [4.69, 9.17) is 14.2 Å². The van der Waals surface area contributed by atoms with Gasteiger partial charge in [-0.2, -0.15) is 0 Å². The minimum atomic E-state index is -1.01. The average Bonchev–Trinajstić information content (AvgIpc) is 3.36. The first kappa shape index (κ1) is 34.4. The van der Waals surface area contributed by atoms with Gasteiger partial charge in [-0.3, -0.25) is 19.2 Å². The Hall–Kier alpha value is -4.48. The number of nitrogens with one attached hydrogen (secondary N) is 2. The number of carbonyl (C=O) groups excluding carboxylic acids is 5. The second kappa shape index (κ2) is 14.6. The molecule has 2 aromatic rings. The summed E-state index contributed by atoms with van der Waals surface area (Å²) >= 11 is 0. The van der Waals surface area contributed by atoms with Gasteiger partial charge in [0, 0.05) is 36.8 Å². The van der Waals surface area contributed by atoms with E-state index in [1.165, 1.54) is 18.7 Å². The minimum Gasteiger partial charge on any atom is -0.497 e. The fraction of sp³-hybridized carbons (Fsp3) is 0.568. The Labute approximate surface area is 286 Å². The van der Waals surface area contributed by atoms with E-state index in [2.05, 4.69) is 21.7 Å². The van der Waals surface area contributed by atoms with Gasteiger partial charge in [0.1, 0.15) is 47.0 Å². The second-order valence-electron chi connectivity index (χ2n) is 13.8. The van der Waals surface area contributed by atoms with E-state index in [1.54, 1.807) is 31.4 Å². The molecule has 1 unspecified atom stereocenters. The highest BCUT2D eigenvalue weighted by atomic mass is 16.6. The largest absolute Gasteiger partial charge is 0.497 e. The predicted octanol–water partition coefficient (Wildman–Crippen LogP) is 4.82. The highest BCUT2D eigenvalue weighted by Crippen LogP contribution is 2.46. The van der Waals surface area contributed by atoms with Crippen molar-refractivity contribution in [3.05, 3.63) is 42.1 Å². The van der Waals surface area contributed by atoms with Crippen molar-refractivity contribution in [3.63, 3.8) is 0 Å². The summed E-state index contributed by atoms with van der Waals surface area (Å²) in [6.07, 6.45) is 10.5. The molecule has 3 fully saturated rings. The Morgan fingerprint density at radius 2 is 1.78 bits per heavy atom. The van der Waals surface area contributed by atoms with Crippen LogP contribution in [0.2, 0.25) is 0 Å². The van der Waals surface area contributed by atoms with E-state index in [1.807, 2.05) is 6.08 Å². The number of alkyl carbamates (subject to hydrolysis) is 1. The van der Waals surface area contributed by atoms with Crippen LogP contribution in [0.15, 0.2) is 36.4 Å². The molecule has 12 nitrogen and oxygen atoms in total. The topological polar surface area (TPSA) is 153 Å². The number of carbonyl (C=O) groups is 5. The highest BCUT2D eigenvalue weighted by Gasteiger charge is 2.59. The Morgan fingerprint density at radius 1 is 1.00 bits per heavy atom. The Morgan fingerprint density at radius 3 is 2.51 bits per heavy atom. The summed E-state index contributed by atoms with van der Waals surface area (Å²) in [5.41, 5.74) is -0.301. The molecule has 0 radical (unpaired) electrons. The SMILES string of the molecule is COc1ccc2c(O[C@@H]3C[C@H]4C(=O)N[C@]5(C(C)=O)CC5/C=C\CCCCC[C@H](NC(=O)OC5CCCC5)C(=O)N4C3)cc(C(C)=O)nc2c1. The fourth-order valence-electron chi connectivity index (χ4n) is 7.43. The number of rotatable bonds is 7. The zero-order valence-electron chi connectivity index (χ0n) is 28.5. The molecule has 2 aliphatic heterocycles. The molecule has 3 amide bonds. The molecule has 12 heteroatoms. The van der Waals surface area contributed by atoms with Gasteiger partial charge in [0.15, 0.2) is 11.6 Å². The molecular weight excluding hydrogens is 628 g/mol. The number of benzene rings is 1. The van der Waals surface area contributed by atoms with Crippen molar-refractivity contribution in [1.29, 1.82) is 0 Å². The van der Waals surface area contributed by atoms with Crippen LogP contribution in [0.1, 0.15) is 95.0 Å². The van der Waals surface area contributed by atoms with Crippen LogP contribution < -0.4 is 20.1 Å². The lowest BCUT2D eigenvalue weighted by molar-refractivity contribution is -0.141. The van der Waals surface area contributed by atoms with Crippen molar-refractivity contribution in [1.82, 2.24) is 20.5 Å². The molecule has 5 atom stereocenters. The van der Waals surface area contributed by atoms with E-state index in [9.17, 15) is 24.0 Å². The van der Waals surface area contributed by atoms with Gasteiger partial charge in [-0.05, 0) is 70.4 Å². The number of Topliss-reactive ketones (excluding diaryl/α,β-unsaturated/α-hetero) is 2. The van der Waals surface area contributed by atoms with E-state index in [0.717, 1.165) is 44.9 Å². The molecule has 4 aliphatic rings.